The third kappa shape index (κ3) is 1.51. The Morgan fingerprint density at radius 1 is 1.54 bits per heavy atom. The molecule has 0 heterocycles. The van der Waals surface area contributed by atoms with Crippen molar-refractivity contribution < 1.29 is 0 Å². The number of rotatable bonds is 1. The zero-order chi connectivity index (χ0) is 9.42. The molecule has 0 bridgehead atoms. The van der Waals surface area contributed by atoms with Crippen LogP contribution in [0, 0.1) is 0 Å². The highest BCUT2D eigenvalue weighted by molar-refractivity contribution is 9.10. The number of hydrogen-bond acceptors (Lipinski definition) is 1. The summed E-state index contributed by atoms with van der Waals surface area (Å²) in [5.74, 6) is 0. The van der Waals surface area contributed by atoms with Gasteiger partial charge in [0.05, 0.1) is 0 Å². The fourth-order valence-electron chi connectivity index (χ4n) is 1.96. The molecule has 0 spiro atoms. The van der Waals surface area contributed by atoms with Crippen molar-refractivity contribution in [2.45, 2.75) is 18.9 Å². The first-order valence-electron chi connectivity index (χ1n) is 4.38. The summed E-state index contributed by atoms with van der Waals surface area (Å²) in [6.45, 7) is 0. The van der Waals surface area contributed by atoms with Gasteiger partial charge in [0.2, 0.25) is 0 Å². The summed E-state index contributed by atoms with van der Waals surface area (Å²) in [5, 5.41) is 4.20. The fourth-order valence-corrected chi connectivity index (χ4v) is 2.87. The quantitative estimate of drug-likeness (QED) is 0.817. The summed E-state index contributed by atoms with van der Waals surface area (Å²) in [4.78, 5) is 0. The van der Waals surface area contributed by atoms with E-state index in [0.29, 0.717) is 6.04 Å². The number of hydrogen-bond donors (Lipinski definition) is 1. The molecule has 1 unspecified atom stereocenters. The molecule has 1 aliphatic carbocycles. The molecule has 1 aromatic carbocycles. The van der Waals surface area contributed by atoms with Crippen LogP contribution in [0.3, 0.4) is 0 Å². The number of nitrogens with one attached hydrogen (secondary N) is 1. The van der Waals surface area contributed by atoms with Crippen molar-refractivity contribution in [2.24, 2.45) is 0 Å². The van der Waals surface area contributed by atoms with Gasteiger partial charge < -0.3 is 5.32 Å². The van der Waals surface area contributed by atoms with E-state index in [4.69, 9.17) is 11.6 Å². The second kappa shape index (κ2) is 3.60. The van der Waals surface area contributed by atoms with Gasteiger partial charge >= 0.3 is 0 Å². The molecule has 1 nitrogen and oxygen atoms in total. The third-order valence-corrected chi connectivity index (χ3v) is 3.67. The Morgan fingerprint density at radius 3 is 3.00 bits per heavy atom. The van der Waals surface area contributed by atoms with Gasteiger partial charge in [0.15, 0.2) is 0 Å². The second-order valence-electron chi connectivity index (χ2n) is 3.30. The molecular weight excluding hydrogens is 249 g/mol. The molecule has 0 aromatic heterocycles. The van der Waals surface area contributed by atoms with Crippen molar-refractivity contribution >= 4 is 27.5 Å². The SMILES string of the molecule is CNC1CCc2c(Cl)ccc(Br)c21. The minimum atomic E-state index is 0.461. The van der Waals surface area contributed by atoms with Crippen LogP contribution in [0.4, 0.5) is 0 Å². The summed E-state index contributed by atoms with van der Waals surface area (Å²) in [7, 11) is 1.99. The van der Waals surface area contributed by atoms with E-state index in [9.17, 15) is 0 Å². The molecule has 0 saturated carbocycles. The smallest absolute Gasteiger partial charge is 0.0442 e. The zero-order valence-electron chi connectivity index (χ0n) is 7.40. The van der Waals surface area contributed by atoms with Gasteiger partial charge in [-0.15, -0.1) is 0 Å². The molecule has 0 saturated heterocycles. The topological polar surface area (TPSA) is 12.0 Å². The van der Waals surface area contributed by atoms with E-state index in [2.05, 4.69) is 21.2 Å². The maximum Gasteiger partial charge on any atom is 0.0442 e. The molecule has 0 amide bonds. The van der Waals surface area contributed by atoms with Crippen LogP contribution >= 0.6 is 27.5 Å². The average molecular weight is 261 g/mol. The lowest BCUT2D eigenvalue weighted by Crippen LogP contribution is -2.13. The molecule has 3 heteroatoms. The minimum absolute atomic E-state index is 0.461. The molecule has 70 valence electrons. The molecule has 1 atom stereocenters. The number of fused-ring (bicyclic) bond motifs is 1. The highest BCUT2D eigenvalue weighted by atomic mass is 79.9. The summed E-state index contributed by atoms with van der Waals surface area (Å²) in [6, 6.07) is 4.45. The number of benzene rings is 1. The van der Waals surface area contributed by atoms with Gasteiger partial charge in [-0.05, 0) is 43.1 Å². The molecule has 1 aliphatic rings. The van der Waals surface area contributed by atoms with E-state index < -0.39 is 0 Å². The van der Waals surface area contributed by atoms with Crippen molar-refractivity contribution in [3.63, 3.8) is 0 Å². The van der Waals surface area contributed by atoms with Crippen LogP contribution < -0.4 is 5.32 Å². The molecule has 0 radical (unpaired) electrons. The molecule has 0 aliphatic heterocycles. The maximum absolute atomic E-state index is 6.12. The summed E-state index contributed by atoms with van der Waals surface area (Å²) >= 11 is 9.68. The standard InChI is InChI=1S/C10H11BrClN/c1-13-9-5-2-6-8(12)4-3-7(11)10(6)9/h3-4,9,13H,2,5H2,1H3. The zero-order valence-corrected chi connectivity index (χ0v) is 9.74. The largest absolute Gasteiger partial charge is 0.313 e. The Morgan fingerprint density at radius 2 is 2.31 bits per heavy atom. The van der Waals surface area contributed by atoms with E-state index >= 15 is 0 Å². The van der Waals surface area contributed by atoms with Crippen molar-refractivity contribution in [1.82, 2.24) is 5.32 Å². The summed E-state index contributed by atoms with van der Waals surface area (Å²) < 4.78 is 1.17. The normalized spacial score (nSPS) is 20.4. The van der Waals surface area contributed by atoms with Crippen molar-refractivity contribution in [3.05, 3.63) is 32.8 Å². The first kappa shape index (κ1) is 9.50. The first-order valence-corrected chi connectivity index (χ1v) is 5.55. The Hall–Kier alpha value is -0.0500. The highest BCUT2D eigenvalue weighted by Gasteiger charge is 2.25. The Labute approximate surface area is 91.6 Å². The first-order chi connectivity index (χ1) is 6.24. The second-order valence-corrected chi connectivity index (χ2v) is 4.56. The lowest BCUT2D eigenvalue weighted by atomic mass is 10.1. The van der Waals surface area contributed by atoms with Gasteiger partial charge in [-0.3, -0.25) is 0 Å². The van der Waals surface area contributed by atoms with E-state index in [1.165, 1.54) is 15.6 Å². The molecule has 0 fully saturated rings. The van der Waals surface area contributed by atoms with E-state index in [0.717, 1.165) is 17.9 Å². The Bertz CT molecular complexity index is 338. The summed E-state index contributed by atoms with van der Waals surface area (Å²) in [6.07, 6.45) is 2.23. The molecule has 2 rings (SSSR count). The van der Waals surface area contributed by atoms with Gasteiger partial charge in [-0.1, -0.05) is 27.5 Å². The highest BCUT2D eigenvalue weighted by Crippen LogP contribution is 2.39. The number of halogens is 2. The van der Waals surface area contributed by atoms with Crippen LogP contribution in [-0.2, 0) is 6.42 Å². The fraction of sp³-hybridized carbons (Fsp3) is 0.400. The third-order valence-electron chi connectivity index (χ3n) is 2.63. The molecular formula is C10H11BrClN. The van der Waals surface area contributed by atoms with Crippen LogP contribution in [0.25, 0.3) is 0 Å². The minimum Gasteiger partial charge on any atom is -0.313 e. The van der Waals surface area contributed by atoms with Crippen LogP contribution in [0.5, 0.6) is 0 Å². The van der Waals surface area contributed by atoms with Crippen molar-refractivity contribution in [1.29, 1.82) is 0 Å². The van der Waals surface area contributed by atoms with Crippen molar-refractivity contribution in [2.75, 3.05) is 7.05 Å². The molecule has 1 N–H and O–H groups in total. The summed E-state index contributed by atoms with van der Waals surface area (Å²) in [5.41, 5.74) is 2.64. The van der Waals surface area contributed by atoms with E-state index in [1.807, 2.05) is 19.2 Å². The maximum atomic E-state index is 6.12. The predicted octanol–water partition coefficient (Wildman–Crippen LogP) is 3.31. The van der Waals surface area contributed by atoms with E-state index in [-0.39, 0.29) is 0 Å². The van der Waals surface area contributed by atoms with Gasteiger partial charge in [0.1, 0.15) is 0 Å². The predicted molar refractivity (Wildman–Crippen MR) is 59.3 cm³/mol. The van der Waals surface area contributed by atoms with Gasteiger partial charge in [0, 0.05) is 15.5 Å². The van der Waals surface area contributed by atoms with Gasteiger partial charge in [-0.2, -0.15) is 0 Å². The Kier molecular flexibility index (Phi) is 2.63. The molecule has 13 heavy (non-hydrogen) atoms. The Balaban J connectivity index is 2.55. The monoisotopic (exact) mass is 259 g/mol. The van der Waals surface area contributed by atoms with Crippen molar-refractivity contribution in [3.8, 4) is 0 Å². The van der Waals surface area contributed by atoms with Crippen LogP contribution in [-0.4, -0.2) is 7.05 Å². The van der Waals surface area contributed by atoms with Crippen LogP contribution in [0.2, 0.25) is 5.02 Å². The van der Waals surface area contributed by atoms with Crippen LogP contribution in [0.1, 0.15) is 23.6 Å². The van der Waals surface area contributed by atoms with E-state index in [1.54, 1.807) is 0 Å². The lowest BCUT2D eigenvalue weighted by molar-refractivity contribution is 0.589. The molecule has 1 aromatic rings. The van der Waals surface area contributed by atoms with Crippen LogP contribution in [0.15, 0.2) is 16.6 Å². The lowest BCUT2D eigenvalue weighted by Gasteiger charge is -2.12. The van der Waals surface area contributed by atoms with Gasteiger partial charge in [0.25, 0.3) is 0 Å². The van der Waals surface area contributed by atoms with Gasteiger partial charge in [-0.25, -0.2) is 0 Å². The average Bonchev–Trinajstić information content (AvgIpc) is 2.56.